The first-order valence-electron chi connectivity index (χ1n) is 8.77. The Bertz CT molecular complexity index is 972. The van der Waals surface area contributed by atoms with Crippen molar-refractivity contribution in [3.05, 3.63) is 77.3 Å². The first-order chi connectivity index (χ1) is 13.5. The van der Waals surface area contributed by atoms with Crippen LogP contribution in [-0.2, 0) is 20.9 Å². The highest BCUT2D eigenvalue weighted by Crippen LogP contribution is 2.20. The number of hydrogen-bond donors (Lipinski definition) is 0. The standard InChI is InChI=1S/C22H20ClNO4/c1-24(13-16-6-9-19(23)10-7-16)21(25)14-28-22(26)15-27-20-11-8-17-4-2-3-5-18(17)12-20/h2-12H,13-15H2,1H3. The molecule has 0 spiro atoms. The quantitative estimate of drug-likeness (QED) is 0.564. The number of rotatable bonds is 7. The number of halogens is 1. The second-order valence-electron chi connectivity index (χ2n) is 6.33. The molecule has 3 aromatic carbocycles. The summed E-state index contributed by atoms with van der Waals surface area (Å²) in [6, 6.07) is 20.6. The topological polar surface area (TPSA) is 55.8 Å². The monoisotopic (exact) mass is 397 g/mol. The average Bonchev–Trinajstić information content (AvgIpc) is 2.71. The van der Waals surface area contributed by atoms with Gasteiger partial charge in [0.15, 0.2) is 13.2 Å². The molecule has 3 aromatic rings. The Morgan fingerprint density at radius 3 is 2.39 bits per heavy atom. The highest BCUT2D eigenvalue weighted by atomic mass is 35.5. The zero-order valence-corrected chi connectivity index (χ0v) is 16.2. The van der Waals surface area contributed by atoms with Crippen molar-refractivity contribution in [2.75, 3.05) is 20.3 Å². The van der Waals surface area contributed by atoms with Crippen LogP contribution in [0, 0.1) is 0 Å². The van der Waals surface area contributed by atoms with Gasteiger partial charge >= 0.3 is 5.97 Å². The van der Waals surface area contributed by atoms with Gasteiger partial charge in [-0.15, -0.1) is 0 Å². The van der Waals surface area contributed by atoms with E-state index in [9.17, 15) is 9.59 Å². The molecular weight excluding hydrogens is 378 g/mol. The fourth-order valence-electron chi connectivity index (χ4n) is 2.65. The van der Waals surface area contributed by atoms with Crippen LogP contribution in [0.2, 0.25) is 5.02 Å². The van der Waals surface area contributed by atoms with Gasteiger partial charge in [-0.1, -0.05) is 54.1 Å². The van der Waals surface area contributed by atoms with Crippen LogP contribution in [0.15, 0.2) is 66.7 Å². The second kappa shape index (κ2) is 9.24. The molecule has 0 saturated carbocycles. The Hall–Kier alpha value is -3.05. The number of carbonyl (C=O) groups is 2. The minimum atomic E-state index is -0.596. The van der Waals surface area contributed by atoms with Crippen LogP contribution in [0.25, 0.3) is 10.8 Å². The fourth-order valence-corrected chi connectivity index (χ4v) is 2.77. The number of hydrogen-bond acceptors (Lipinski definition) is 4. The normalized spacial score (nSPS) is 10.5. The van der Waals surface area contributed by atoms with Gasteiger partial charge in [-0.2, -0.15) is 0 Å². The summed E-state index contributed by atoms with van der Waals surface area (Å²) in [4.78, 5) is 25.5. The smallest absolute Gasteiger partial charge is 0.344 e. The maximum atomic E-state index is 12.1. The third-order valence-electron chi connectivity index (χ3n) is 4.19. The molecule has 144 valence electrons. The van der Waals surface area contributed by atoms with E-state index in [0.29, 0.717) is 17.3 Å². The molecule has 0 aliphatic rings. The summed E-state index contributed by atoms with van der Waals surface area (Å²) in [6.07, 6.45) is 0. The first kappa shape index (κ1) is 19.7. The lowest BCUT2D eigenvalue weighted by atomic mass is 10.1. The van der Waals surface area contributed by atoms with E-state index in [0.717, 1.165) is 16.3 Å². The van der Waals surface area contributed by atoms with Gasteiger partial charge in [0.25, 0.3) is 5.91 Å². The molecule has 3 rings (SSSR count). The van der Waals surface area contributed by atoms with Crippen LogP contribution in [-0.4, -0.2) is 37.0 Å². The molecule has 28 heavy (non-hydrogen) atoms. The third kappa shape index (κ3) is 5.47. The lowest BCUT2D eigenvalue weighted by Gasteiger charge is -2.17. The van der Waals surface area contributed by atoms with Crippen molar-refractivity contribution in [3.63, 3.8) is 0 Å². The summed E-state index contributed by atoms with van der Waals surface area (Å²) >= 11 is 5.85. The predicted molar refractivity (Wildman–Crippen MR) is 108 cm³/mol. The summed E-state index contributed by atoms with van der Waals surface area (Å²) in [5, 5.41) is 2.75. The predicted octanol–water partition coefficient (Wildman–Crippen LogP) is 4.07. The van der Waals surface area contributed by atoms with Crippen molar-refractivity contribution >= 4 is 34.2 Å². The van der Waals surface area contributed by atoms with Crippen LogP contribution < -0.4 is 4.74 Å². The number of ether oxygens (including phenoxy) is 2. The van der Waals surface area contributed by atoms with Crippen LogP contribution >= 0.6 is 11.6 Å². The molecule has 0 aliphatic heterocycles. The number of carbonyl (C=O) groups excluding carboxylic acids is 2. The van der Waals surface area contributed by atoms with Crippen molar-refractivity contribution in [2.24, 2.45) is 0 Å². The van der Waals surface area contributed by atoms with Crippen LogP contribution in [0.3, 0.4) is 0 Å². The maximum Gasteiger partial charge on any atom is 0.344 e. The minimum Gasteiger partial charge on any atom is -0.482 e. The average molecular weight is 398 g/mol. The van der Waals surface area contributed by atoms with Gasteiger partial charge in [-0.25, -0.2) is 4.79 Å². The van der Waals surface area contributed by atoms with Gasteiger partial charge in [0.2, 0.25) is 0 Å². The summed E-state index contributed by atoms with van der Waals surface area (Å²) < 4.78 is 10.5. The SMILES string of the molecule is CN(Cc1ccc(Cl)cc1)C(=O)COC(=O)COc1ccc2ccccc2c1. The Morgan fingerprint density at radius 1 is 0.929 bits per heavy atom. The van der Waals surface area contributed by atoms with Gasteiger partial charge in [-0.05, 0) is 40.6 Å². The van der Waals surface area contributed by atoms with Gasteiger partial charge in [0.05, 0.1) is 0 Å². The van der Waals surface area contributed by atoms with Crippen molar-refractivity contribution < 1.29 is 19.1 Å². The van der Waals surface area contributed by atoms with Crippen LogP contribution in [0.1, 0.15) is 5.56 Å². The molecule has 0 radical (unpaired) electrons. The zero-order chi connectivity index (χ0) is 19.9. The zero-order valence-electron chi connectivity index (χ0n) is 15.4. The Kier molecular flexibility index (Phi) is 6.50. The third-order valence-corrected chi connectivity index (χ3v) is 4.44. The van der Waals surface area contributed by atoms with E-state index in [-0.39, 0.29) is 19.1 Å². The van der Waals surface area contributed by atoms with E-state index in [1.807, 2.05) is 48.5 Å². The van der Waals surface area contributed by atoms with Gasteiger partial charge in [-0.3, -0.25) is 4.79 Å². The second-order valence-corrected chi connectivity index (χ2v) is 6.77. The number of esters is 1. The van der Waals surface area contributed by atoms with Crippen molar-refractivity contribution in [3.8, 4) is 5.75 Å². The van der Waals surface area contributed by atoms with E-state index in [2.05, 4.69) is 0 Å². The summed E-state index contributed by atoms with van der Waals surface area (Å²) in [6.45, 7) is -0.183. The van der Waals surface area contributed by atoms with Crippen molar-refractivity contribution in [2.45, 2.75) is 6.54 Å². The molecule has 1 amide bonds. The van der Waals surface area contributed by atoms with E-state index >= 15 is 0 Å². The first-order valence-corrected chi connectivity index (χ1v) is 9.15. The van der Waals surface area contributed by atoms with Crippen molar-refractivity contribution in [1.29, 1.82) is 0 Å². The fraction of sp³-hybridized carbons (Fsp3) is 0.182. The number of fused-ring (bicyclic) bond motifs is 1. The lowest BCUT2D eigenvalue weighted by molar-refractivity contribution is -0.153. The Balaban J connectivity index is 1.43. The summed E-state index contributed by atoms with van der Waals surface area (Å²) in [5.74, 6) is -0.322. The number of amides is 1. The molecule has 0 bridgehead atoms. The highest BCUT2D eigenvalue weighted by molar-refractivity contribution is 6.30. The molecule has 5 nitrogen and oxygen atoms in total. The molecule has 0 aliphatic carbocycles. The van der Waals surface area contributed by atoms with E-state index in [4.69, 9.17) is 21.1 Å². The number of benzene rings is 3. The van der Waals surface area contributed by atoms with Gasteiger partial charge < -0.3 is 14.4 Å². The number of nitrogens with zero attached hydrogens (tertiary/aromatic N) is 1. The van der Waals surface area contributed by atoms with Gasteiger partial charge in [0, 0.05) is 18.6 Å². The van der Waals surface area contributed by atoms with Crippen molar-refractivity contribution in [1.82, 2.24) is 4.90 Å². The summed E-state index contributed by atoms with van der Waals surface area (Å²) in [5.41, 5.74) is 0.936. The molecule has 6 heteroatoms. The largest absolute Gasteiger partial charge is 0.482 e. The Labute approximate surface area is 168 Å². The molecule has 0 atom stereocenters. The molecule has 0 N–H and O–H groups in total. The minimum absolute atomic E-state index is 0.257. The molecule has 0 unspecified atom stereocenters. The summed E-state index contributed by atoms with van der Waals surface area (Å²) in [7, 11) is 1.65. The lowest BCUT2D eigenvalue weighted by Crippen LogP contribution is -2.31. The molecule has 0 aromatic heterocycles. The van der Waals surface area contributed by atoms with E-state index < -0.39 is 5.97 Å². The van der Waals surface area contributed by atoms with Crippen LogP contribution in [0.4, 0.5) is 0 Å². The maximum absolute atomic E-state index is 12.1. The molecule has 0 fully saturated rings. The highest BCUT2D eigenvalue weighted by Gasteiger charge is 2.13. The van der Waals surface area contributed by atoms with E-state index in [1.54, 1.807) is 25.2 Å². The number of likely N-dealkylation sites (N-methyl/N-ethyl adjacent to an activating group) is 1. The molecule has 0 saturated heterocycles. The Morgan fingerprint density at radius 2 is 1.64 bits per heavy atom. The molecule has 0 heterocycles. The van der Waals surface area contributed by atoms with Crippen LogP contribution in [0.5, 0.6) is 5.75 Å². The van der Waals surface area contributed by atoms with E-state index in [1.165, 1.54) is 4.90 Å². The van der Waals surface area contributed by atoms with Gasteiger partial charge in [0.1, 0.15) is 5.75 Å². The molecular formula is C22H20ClNO4.